The summed E-state index contributed by atoms with van der Waals surface area (Å²) in [5.41, 5.74) is 1.04. The van der Waals surface area contributed by atoms with E-state index >= 15 is 0 Å². The zero-order valence-corrected chi connectivity index (χ0v) is 12.3. The van der Waals surface area contributed by atoms with Crippen molar-refractivity contribution in [3.63, 3.8) is 0 Å². The molecule has 0 bridgehead atoms. The number of aliphatic hydroxyl groups is 1. The first-order chi connectivity index (χ1) is 10.6. The van der Waals surface area contributed by atoms with Crippen LogP contribution in [0.5, 0.6) is 0 Å². The lowest BCUT2D eigenvalue weighted by Crippen LogP contribution is -2.41. The van der Waals surface area contributed by atoms with Gasteiger partial charge in [0.2, 0.25) is 5.91 Å². The van der Waals surface area contributed by atoms with E-state index in [1.54, 1.807) is 4.68 Å². The molecule has 1 saturated carbocycles. The first-order valence-electron chi connectivity index (χ1n) is 7.46. The van der Waals surface area contributed by atoms with Crippen LogP contribution in [0, 0.1) is 0 Å². The highest BCUT2D eigenvalue weighted by Gasteiger charge is 2.31. The number of hydrogen-bond acceptors (Lipinski definition) is 5. The molecule has 0 radical (unpaired) electrons. The van der Waals surface area contributed by atoms with Gasteiger partial charge in [0.15, 0.2) is 0 Å². The molecular weight excluding hydrogens is 282 g/mol. The Hall–Kier alpha value is -2.28. The highest BCUT2D eigenvalue weighted by molar-refractivity contribution is 5.78. The van der Waals surface area contributed by atoms with E-state index in [0.717, 1.165) is 36.9 Å². The summed E-state index contributed by atoms with van der Waals surface area (Å²) in [6, 6.07) is 7.48. The quantitative estimate of drug-likeness (QED) is 0.845. The zero-order valence-electron chi connectivity index (χ0n) is 12.3. The average Bonchev–Trinajstić information content (AvgIpc) is 3.18. The van der Waals surface area contributed by atoms with Gasteiger partial charge in [-0.25, -0.2) is 4.68 Å². The summed E-state index contributed by atoms with van der Waals surface area (Å²) in [5.74, 6) is -0.0736. The Morgan fingerprint density at radius 3 is 2.64 bits per heavy atom. The molecule has 1 aromatic heterocycles. The molecule has 1 heterocycles. The Balaban J connectivity index is 1.53. The van der Waals surface area contributed by atoms with Gasteiger partial charge in [0.05, 0.1) is 17.7 Å². The SMILES string of the molecule is O=C(Cc1ccc(-n2cnnn2)cc1)NCC1(O)CCCC1. The van der Waals surface area contributed by atoms with Gasteiger partial charge in [0, 0.05) is 6.54 Å². The maximum Gasteiger partial charge on any atom is 0.224 e. The molecule has 2 aromatic rings. The summed E-state index contributed by atoms with van der Waals surface area (Å²) >= 11 is 0. The third-order valence-corrected chi connectivity index (χ3v) is 4.06. The van der Waals surface area contributed by atoms with Crippen LogP contribution in [-0.4, -0.2) is 43.4 Å². The predicted octanol–water partition coefficient (Wildman–Crippen LogP) is 0.626. The first kappa shape index (κ1) is 14.6. The van der Waals surface area contributed by atoms with Crippen molar-refractivity contribution in [3.8, 4) is 5.69 Å². The second-order valence-corrected chi connectivity index (χ2v) is 5.81. The summed E-state index contributed by atoms with van der Waals surface area (Å²) < 4.78 is 1.56. The molecule has 0 unspecified atom stereocenters. The smallest absolute Gasteiger partial charge is 0.224 e. The molecule has 3 rings (SSSR count). The van der Waals surface area contributed by atoms with Gasteiger partial charge < -0.3 is 10.4 Å². The Bertz CT molecular complexity index is 618. The molecule has 7 nitrogen and oxygen atoms in total. The summed E-state index contributed by atoms with van der Waals surface area (Å²) in [6.07, 6.45) is 5.42. The standard InChI is InChI=1S/C15H19N5O2/c21-14(16-10-15(22)7-1-2-8-15)9-12-3-5-13(6-4-12)20-11-17-18-19-20/h3-6,11,22H,1-2,7-10H2,(H,16,21). The summed E-state index contributed by atoms with van der Waals surface area (Å²) in [7, 11) is 0. The zero-order chi connectivity index (χ0) is 15.4. The highest BCUT2D eigenvalue weighted by Crippen LogP contribution is 2.28. The molecule has 22 heavy (non-hydrogen) atoms. The van der Waals surface area contributed by atoms with E-state index in [2.05, 4.69) is 20.8 Å². The number of aromatic nitrogens is 4. The van der Waals surface area contributed by atoms with Gasteiger partial charge in [-0.3, -0.25) is 4.79 Å². The third kappa shape index (κ3) is 3.48. The van der Waals surface area contributed by atoms with E-state index < -0.39 is 5.60 Å². The van der Waals surface area contributed by atoms with Gasteiger partial charge in [-0.05, 0) is 41.0 Å². The Morgan fingerprint density at radius 1 is 1.27 bits per heavy atom. The van der Waals surface area contributed by atoms with Crippen molar-refractivity contribution < 1.29 is 9.90 Å². The molecule has 1 aliphatic rings. The molecule has 1 aromatic carbocycles. The minimum Gasteiger partial charge on any atom is -0.388 e. The number of rotatable bonds is 5. The van der Waals surface area contributed by atoms with Crippen LogP contribution >= 0.6 is 0 Å². The van der Waals surface area contributed by atoms with Crippen LogP contribution in [0.15, 0.2) is 30.6 Å². The maximum atomic E-state index is 12.0. The number of benzene rings is 1. The number of hydrogen-bond donors (Lipinski definition) is 2. The van der Waals surface area contributed by atoms with Crippen molar-refractivity contribution in [2.24, 2.45) is 0 Å². The fraction of sp³-hybridized carbons (Fsp3) is 0.467. The van der Waals surface area contributed by atoms with E-state index in [1.807, 2.05) is 24.3 Å². The van der Waals surface area contributed by atoms with Gasteiger partial charge in [-0.1, -0.05) is 25.0 Å². The van der Waals surface area contributed by atoms with E-state index in [1.165, 1.54) is 6.33 Å². The molecule has 0 aliphatic heterocycles. The van der Waals surface area contributed by atoms with Crippen molar-refractivity contribution in [3.05, 3.63) is 36.2 Å². The fourth-order valence-corrected chi connectivity index (χ4v) is 2.77. The van der Waals surface area contributed by atoms with E-state index in [0.29, 0.717) is 13.0 Å². The number of carbonyl (C=O) groups is 1. The van der Waals surface area contributed by atoms with Crippen molar-refractivity contribution in [2.45, 2.75) is 37.7 Å². The lowest BCUT2D eigenvalue weighted by Gasteiger charge is -2.22. The molecule has 0 spiro atoms. The van der Waals surface area contributed by atoms with Crippen LogP contribution in [0.1, 0.15) is 31.2 Å². The van der Waals surface area contributed by atoms with Gasteiger partial charge in [-0.15, -0.1) is 5.10 Å². The molecule has 0 atom stereocenters. The predicted molar refractivity (Wildman–Crippen MR) is 79.3 cm³/mol. The van der Waals surface area contributed by atoms with E-state index in [9.17, 15) is 9.90 Å². The summed E-state index contributed by atoms with van der Waals surface area (Å²) in [6.45, 7) is 0.342. The second kappa shape index (κ2) is 6.23. The van der Waals surface area contributed by atoms with Crippen molar-refractivity contribution >= 4 is 5.91 Å². The van der Waals surface area contributed by atoms with Crippen molar-refractivity contribution in [2.75, 3.05) is 6.54 Å². The lowest BCUT2D eigenvalue weighted by molar-refractivity contribution is -0.121. The molecule has 7 heteroatoms. The Kier molecular flexibility index (Phi) is 4.15. The topological polar surface area (TPSA) is 92.9 Å². The van der Waals surface area contributed by atoms with E-state index in [4.69, 9.17) is 0 Å². The summed E-state index contributed by atoms with van der Waals surface area (Å²) in [4.78, 5) is 12.0. The number of nitrogens with one attached hydrogen (secondary N) is 1. The molecule has 116 valence electrons. The lowest BCUT2D eigenvalue weighted by atomic mass is 10.0. The van der Waals surface area contributed by atoms with Gasteiger partial charge in [0.1, 0.15) is 6.33 Å². The van der Waals surface area contributed by atoms with Crippen LogP contribution < -0.4 is 5.32 Å². The van der Waals surface area contributed by atoms with Crippen molar-refractivity contribution in [1.29, 1.82) is 0 Å². The minimum absolute atomic E-state index is 0.0736. The molecule has 1 fully saturated rings. The normalized spacial score (nSPS) is 16.6. The van der Waals surface area contributed by atoms with Crippen LogP contribution in [-0.2, 0) is 11.2 Å². The first-order valence-corrected chi connectivity index (χ1v) is 7.46. The fourth-order valence-electron chi connectivity index (χ4n) is 2.77. The van der Waals surface area contributed by atoms with Crippen LogP contribution in [0.4, 0.5) is 0 Å². The van der Waals surface area contributed by atoms with Crippen LogP contribution in [0.25, 0.3) is 5.69 Å². The number of tetrazole rings is 1. The highest BCUT2D eigenvalue weighted by atomic mass is 16.3. The van der Waals surface area contributed by atoms with Crippen molar-refractivity contribution in [1.82, 2.24) is 25.5 Å². The molecule has 2 N–H and O–H groups in total. The average molecular weight is 301 g/mol. The molecule has 1 aliphatic carbocycles. The second-order valence-electron chi connectivity index (χ2n) is 5.81. The van der Waals surface area contributed by atoms with Gasteiger partial charge >= 0.3 is 0 Å². The number of carbonyl (C=O) groups excluding carboxylic acids is 1. The number of amides is 1. The summed E-state index contributed by atoms with van der Waals surface area (Å²) in [5, 5.41) is 24.0. The number of nitrogens with zero attached hydrogens (tertiary/aromatic N) is 4. The molecular formula is C15H19N5O2. The maximum absolute atomic E-state index is 12.0. The molecule has 0 saturated heterocycles. The Morgan fingerprint density at radius 2 is 2.00 bits per heavy atom. The van der Waals surface area contributed by atoms with Crippen LogP contribution in [0.3, 0.4) is 0 Å². The third-order valence-electron chi connectivity index (χ3n) is 4.06. The monoisotopic (exact) mass is 301 g/mol. The van der Waals surface area contributed by atoms with Gasteiger partial charge in [0.25, 0.3) is 0 Å². The largest absolute Gasteiger partial charge is 0.388 e. The minimum atomic E-state index is -0.709. The van der Waals surface area contributed by atoms with E-state index in [-0.39, 0.29) is 5.91 Å². The van der Waals surface area contributed by atoms with Gasteiger partial charge in [-0.2, -0.15) is 0 Å². The Labute approximate surface area is 128 Å². The van der Waals surface area contributed by atoms with Crippen LogP contribution in [0.2, 0.25) is 0 Å². The molecule has 1 amide bonds.